The SMILES string of the molecule is CC[C@H](C)[C@](C)(O)CNC(=O)C(=O)Nc1ccc(F)c(Cl)c1. The summed E-state index contributed by atoms with van der Waals surface area (Å²) in [5, 5.41) is 14.7. The Morgan fingerprint density at radius 3 is 2.59 bits per heavy atom. The van der Waals surface area contributed by atoms with Crippen molar-refractivity contribution in [3.05, 3.63) is 29.0 Å². The predicted octanol–water partition coefficient (Wildman–Crippen LogP) is 2.33. The van der Waals surface area contributed by atoms with Crippen LogP contribution in [0.15, 0.2) is 18.2 Å². The molecule has 3 N–H and O–H groups in total. The summed E-state index contributed by atoms with van der Waals surface area (Å²) >= 11 is 5.59. The largest absolute Gasteiger partial charge is 0.388 e. The summed E-state index contributed by atoms with van der Waals surface area (Å²) < 4.78 is 13.0. The van der Waals surface area contributed by atoms with Crippen LogP contribution in [0.25, 0.3) is 0 Å². The molecule has 0 saturated heterocycles. The van der Waals surface area contributed by atoms with Crippen molar-refractivity contribution >= 4 is 29.1 Å². The summed E-state index contributed by atoms with van der Waals surface area (Å²) in [6.45, 7) is 5.33. The van der Waals surface area contributed by atoms with E-state index in [2.05, 4.69) is 10.6 Å². The van der Waals surface area contributed by atoms with Gasteiger partial charge < -0.3 is 15.7 Å². The molecule has 5 nitrogen and oxygen atoms in total. The van der Waals surface area contributed by atoms with Crippen molar-refractivity contribution in [2.24, 2.45) is 5.92 Å². The van der Waals surface area contributed by atoms with Gasteiger partial charge in [0, 0.05) is 12.2 Å². The van der Waals surface area contributed by atoms with Gasteiger partial charge in [-0.05, 0) is 31.0 Å². The fourth-order valence-corrected chi connectivity index (χ4v) is 1.90. The minimum Gasteiger partial charge on any atom is -0.388 e. The van der Waals surface area contributed by atoms with Crippen LogP contribution in [0.1, 0.15) is 27.2 Å². The molecule has 0 aliphatic carbocycles. The second-order valence-corrected chi connectivity index (χ2v) is 5.84. The minimum atomic E-state index is -1.11. The van der Waals surface area contributed by atoms with Gasteiger partial charge in [-0.3, -0.25) is 9.59 Å². The monoisotopic (exact) mass is 330 g/mol. The predicted molar refractivity (Wildman–Crippen MR) is 83.1 cm³/mol. The molecule has 0 aliphatic rings. The van der Waals surface area contributed by atoms with Gasteiger partial charge in [0.25, 0.3) is 0 Å². The van der Waals surface area contributed by atoms with E-state index in [1.807, 2.05) is 13.8 Å². The number of anilines is 1. The highest BCUT2D eigenvalue weighted by molar-refractivity contribution is 6.39. The third-order valence-electron chi connectivity index (χ3n) is 3.66. The molecule has 0 aromatic heterocycles. The van der Waals surface area contributed by atoms with Crippen molar-refractivity contribution in [2.75, 3.05) is 11.9 Å². The van der Waals surface area contributed by atoms with E-state index in [0.29, 0.717) is 0 Å². The van der Waals surface area contributed by atoms with Gasteiger partial charge in [-0.2, -0.15) is 0 Å². The Balaban J connectivity index is 2.59. The standard InChI is InChI=1S/C15H20ClFN2O3/c1-4-9(2)15(3,22)8-18-13(20)14(21)19-10-5-6-12(17)11(16)7-10/h5-7,9,22H,4,8H2,1-3H3,(H,18,20)(H,19,21)/t9-,15+/m0/s1. The molecule has 2 amide bonds. The molecule has 22 heavy (non-hydrogen) atoms. The molecule has 0 fully saturated rings. The Morgan fingerprint density at radius 2 is 2.05 bits per heavy atom. The Labute approximate surface area is 133 Å². The Morgan fingerprint density at radius 1 is 1.41 bits per heavy atom. The van der Waals surface area contributed by atoms with Crippen molar-refractivity contribution in [3.63, 3.8) is 0 Å². The molecule has 0 spiro atoms. The molecule has 0 aliphatic heterocycles. The fraction of sp³-hybridized carbons (Fsp3) is 0.467. The lowest BCUT2D eigenvalue weighted by Gasteiger charge is -2.29. The van der Waals surface area contributed by atoms with E-state index >= 15 is 0 Å². The first-order valence-electron chi connectivity index (χ1n) is 6.94. The lowest BCUT2D eigenvalue weighted by molar-refractivity contribution is -0.137. The molecule has 0 unspecified atom stereocenters. The third-order valence-corrected chi connectivity index (χ3v) is 3.95. The Bertz CT molecular complexity index is 564. The number of hydrogen-bond acceptors (Lipinski definition) is 3. The fourth-order valence-electron chi connectivity index (χ4n) is 1.72. The van der Waals surface area contributed by atoms with E-state index in [-0.39, 0.29) is 23.2 Å². The van der Waals surface area contributed by atoms with Gasteiger partial charge in [-0.25, -0.2) is 4.39 Å². The van der Waals surface area contributed by atoms with Crippen LogP contribution >= 0.6 is 11.6 Å². The first kappa shape index (κ1) is 18.4. The van der Waals surface area contributed by atoms with E-state index in [9.17, 15) is 19.1 Å². The first-order valence-corrected chi connectivity index (χ1v) is 7.31. The average molecular weight is 331 g/mol. The number of aliphatic hydroxyl groups is 1. The van der Waals surface area contributed by atoms with Crippen LogP contribution in [-0.4, -0.2) is 29.1 Å². The number of halogens is 2. The zero-order valence-electron chi connectivity index (χ0n) is 12.7. The summed E-state index contributed by atoms with van der Waals surface area (Å²) in [7, 11) is 0. The zero-order chi connectivity index (χ0) is 16.9. The topological polar surface area (TPSA) is 78.4 Å². The number of nitrogens with one attached hydrogen (secondary N) is 2. The number of benzene rings is 1. The summed E-state index contributed by atoms with van der Waals surface area (Å²) in [6.07, 6.45) is 0.739. The molecular weight excluding hydrogens is 311 g/mol. The molecule has 1 aromatic rings. The lowest BCUT2D eigenvalue weighted by atomic mass is 9.89. The van der Waals surface area contributed by atoms with Gasteiger partial charge in [0.1, 0.15) is 5.82 Å². The van der Waals surface area contributed by atoms with Crippen LogP contribution in [0, 0.1) is 11.7 Å². The van der Waals surface area contributed by atoms with E-state index in [0.717, 1.165) is 12.5 Å². The average Bonchev–Trinajstić information content (AvgIpc) is 2.47. The third kappa shape index (κ3) is 4.96. The normalized spacial score (nSPS) is 14.8. The molecule has 0 bridgehead atoms. The van der Waals surface area contributed by atoms with Crippen molar-refractivity contribution < 1.29 is 19.1 Å². The van der Waals surface area contributed by atoms with E-state index in [1.54, 1.807) is 6.92 Å². The molecule has 0 saturated carbocycles. The van der Waals surface area contributed by atoms with Crippen molar-refractivity contribution in [3.8, 4) is 0 Å². The maximum Gasteiger partial charge on any atom is 0.313 e. The Kier molecular flexibility index (Phi) is 6.32. The van der Waals surface area contributed by atoms with Crippen molar-refractivity contribution in [1.29, 1.82) is 0 Å². The summed E-state index contributed by atoms with van der Waals surface area (Å²) in [5.41, 5.74) is -0.899. The van der Waals surface area contributed by atoms with Gasteiger partial charge in [0.2, 0.25) is 0 Å². The van der Waals surface area contributed by atoms with Gasteiger partial charge >= 0.3 is 11.8 Å². The molecule has 122 valence electrons. The molecule has 7 heteroatoms. The van der Waals surface area contributed by atoms with Crippen LogP contribution in [0.4, 0.5) is 10.1 Å². The van der Waals surface area contributed by atoms with Crippen molar-refractivity contribution in [2.45, 2.75) is 32.8 Å². The number of amides is 2. The number of carbonyl (C=O) groups excluding carboxylic acids is 2. The molecular formula is C15H20ClFN2O3. The number of hydrogen-bond donors (Lipinski definition) is 3. The number of carbonyl (C=O) groups is 2. The van der Waals surface area contributed by atoms with Gasteiger partial charge in [-0.1, -0.05) is 31.9 Å². The van der Waals surface area contributed by atoms with Gasteiger partial charge in [0.05, 0.1) is 10.6 Å². The molecule has 1 rings (SSSR count). The van der Waals surface area contributed by atoms with Crippen molar-refractivity contribution in [1.82, 2.24) is 5.32 Å². The summed E-state index contributed by atoms with van der Waals surface area (Å²) in [6, 6.07) is 3.59. The highest BCUT2D eigenvalue weighted by Crippen LogP contribution is 2.20. The van der Waals surface area contributed by atoms with Crippen LogP contribution in [-0.2, 0) is 9.59 Å². The molecule has 1 aromatic carbocycles. The minimum absolute atomic E-state index is 0.0354. The summed E-state index contributed by atoms with van der Waals surface area (Å²) in [5.74, 6) is -2.45. The molecule has 0 radical (unpaired) electrons. The van der Waals surface area contributed by atoms with Gasteiger partial charge in [0.15, 0.2) is 0 Å². The second-order valence-electron chi connectivity index (χ2n) is 5.43. The van der Waals surface area contributed by atoms with Crippen LogP contribution < -0.4 is 10.6 Å². The zero-order valence-corrected chi connectivity index (χ0v) is 13.5. The van der Waals surface area contributed by atoms with Crippen LogP contribution in [0.2, 0.25) is 5.02 Å². The smallest absolute Gasteiger partial charge is 0.313 e. The van der Waals surface area contributed by atoms with E-state index < -0.39 is 23.2 Å². The van der Waals surface area contributed by atoms with Crippen LogP contribution in [0.5, 0.6) is 0 Å². The first-order chi connectivity index (χ1) is 10.2. The Hall–Kier alpha value is -1.66. The molecule has 0 heterocycles. The second kappa shape index (κ2) is 7.56. The maximum atomic E-state index is 13.0. The number of rotatable bonds is 5. The maximum absolute atomic E-state index is 13.0. The summed E-state index contributed by atoms with van der Waals surface area (Å²) in [4.78, 5) is 23.4. The van der Waals surface area contributed by atoms with Gasteiger partial charge in [-0.15, -0.1) is 0 Å². The molecule has 2 atom stereocenters. The van der Waals surface area contributed by atoms with Crippen LogP contribution in [0.3, 0.4) is 0 Å². The highest BCUT2D eigenvalue weighted by atomic mass is 35.5. The lowest BCUT2D eigenvalue weighted by Crippen LogP contribution is -2.47. The van der Waals surface area contributed by atoms with E-state index in [4.69, 9.17) is 11.6 Å². The van der Waals surface area contributed by atoms with E-state index in [1.165, 1.54) is 12.1 Å². The quantitative estimate of drug-likeness (QED) is 0.725. The highest BCUT2D eigenvalue weighted by Gasteiger charge is 2.28.